The van der Waals surface area contributed by atoms with Crippen molar-refractivity contribution in [3.8, 4) is 91.6 Å². The normalized spacial score (nSPS) is 11.4. The third-order valence-electron chi connectivity index (χ3n) is 6.99. The minimum absolute atomic E-state index is 0.312. The summed E-state index contributed by atoms with van der Waals surface area (Å²) in [7, 11) is 1.08. The Balaban J connectivity index is 1.55. The van der Waals surface area contributed by atoms with Crippen LogP contribution in [0, 0.1) is 0 Å². The predicted molar refractivity (Wildman–Crippen MR) is 168 cm³/mol. The van der Waals surface area contributed by atoms with Gasteiger partial charge in [0, 0.05) is 23.3 Å². The number of hydrogen-bond donors (Lipinski definition) is 12. The van der Waals surface area contributed by atoms with Crippen molar-refractivity contribution in [1.82, 2.24) is 0 Å². The van der Waals surface area contributed by atoms with Crippen LogP contribution in [0.1, 0.15) is 0 Å². The Bertz CT molecular complexity index is 2270. The van der Waals surface area contributed by atoms with Crippen molar-refractivity contribution >= 4 is 43.5 Å². The Morgan fingerprint density at radius 3 is 1.02 bits per heavy atom. The molecule has 4 aromatic carbocycles. The van der Waals surface area contributed by atoms with Gasteiger partial charge < -0.3 is 70.1 Å². The fraction of sp³-hybridized carbons (Fsp3) is 0. The number of phenolic OH excluding ortho intramolecular Hbond substituents is 10. The molecule has 0 fully saturated rings. The molecule has 48 heavy (non-hydrogen) atoms. The van der Waals surface area contributed by atoms with E-state index < -0.39 is 113 Å². The largest absolute Gasteiger partial charge is 0.507 e. The maximum atomic E-state index is 13.2. The highest BCUT2D eigenvalue weighted by Gasteiger charge is 2.28. The molecule has 0 saturated heterocycles. The molecular formula is C30H18O16S2. The van der Waals surface area contributed by atoms with Crippen molar-refractivity contribution in [3.05, 3.63) is 56.8 Å². The molecule has 0 bridgehead atoms. The highest BCUT2D eigenvalue weighted by molar-refractivity contribution is 8.76. The Labute approximate surface area is 271 Å². The molecule has 2 heterocycles. The first-order chi connectivity index (χ1) is 22.6. The lowest BCUT2D eigenvalue weighted by Crippen LogP contribution is -2.04. The summed E-state index contributed by atoms with van der Waals surface area (Å²) in [5.74, 6) is -11.8. The van der Waals surface area contributed by atoms with Crippen molar-refractivity contribution in [3.63, 3.8) is 0 Å². The second-order valence-corrected chi connectivity index (χ2v) is 12.2. The van der Waals surface area contributed by atoms with Crippen LogP contribution in [0.2, 0.25) is 0 Å². The van der Waals surface area contributed by atoms with Crippen LogP contribution in [-0.4, -0.2) is 61.3 Å². The van der Waals surface area contributed by atoms with Gasteiger partial charge in [-0.05, 0) is 45.9 Å². The van der Waals surface area contributed by atoms with E-state index in [4.69, 9.17) is 8.83 Å². The van der Waals surface area contributed by atoms with Crippen LogP contribution in [0.4, 0.5) is 0 Å². The molecule has 12 N–H and O–H groups in total. The van der Waals surface area contributed by atoms with E-state index in [-0.39, 0.29) is 20.9 Å². The van der Waals surface area contributed by atoms with Crippen LogP contribution < -0.4 is 10.9 Å². The third-order valence-corrected chi connectivity index (χ3v) is 9.44. The Hall–Kier alpha value is -6.40. The summed E-state index contributed by atoms with van der Waals surface area (Å²) < 4.78 is 11.4. The first-order valence-corrected chi connectivity index (χ1v) is 15.1. The molecule has 16 nitrogen and oxygen atoms in total. The SMILES string of the molecule is O=c1c(O)c(-c2cc(O)c(O)c(O)c2)oc2c(SSc3c(O)cc(O)c4c(=O)c(O)c(-c5cc(O)c(O)c(O)c5)oc34)c(O)cc(O)c12. The van der Waals surface area contributed by atoms with Crippen molar-refractivity contribution in [2.75, 3.05) is 0 Å². The number of rotatable bonds is 5. The molecule has 2 aromatic heterocycles. The van der Waals surface area contributed by atoms with E-state index in [1.165, 1.54) is 0 Å². The van der Waals surface area contributed by atoms with E-state index in [1.807, 2.05) is 0 Å². The first kappa shape index (κ1) is 31.6. The Morgan fingerprint density at radius 2 is 0.708 bits per heavy atom. The van der Waals surface area contributed by atoms with Crippen molar-refractivity contribution < 1.29 is 70.1 Å². The van der Waals surface area contributed by atoms with Crippen LogP contribution in [0.25, 0.3) is 44.6 Å². The van der Waals surface area contributed by atoms with Gasteiger partial charge in [-0.1, -0.05) is 0 Å². The first-order valence-electron chi connectivity index (χ1n) is 12.9. The summed E-state index contributed by atoms with van der Waals surface area (Å²) in [4.78, 5) is 25.7. The smallest absolute Gasteiger partial charge is 0.238 e. The van der Waals surface area contributed by atoms with Gasteiger partial charge in [-0.25, -0.2) is 0 Å². The average molecular weight is 699 g/mol. The molecule has 6 rings (SSSR count). The van der Waals surface area contributed by atoms with Gasteiger partial charge >= 0.3 is 0 Å². The maximum Gasteiger partial charge on any atom is 0.238 e. The van der Waals surface area contributed by atoms with Gasteiger partial charge in [-0.15, -0.1) is 0 Å². The van der Waals surface area contributed by atoms with Gasteiger partial charge in [0.2, 0.25) is 22.4 Å². The minimum Gasteiger partial charge on any atom is -0.507 e. The average Bonchev–Trinajstić information content (AvgIpc) is 3.01. The maximum absolute atomic E-state index is 13.2. The predicted octanol–water partition coefficient (Wildman–Crippen LogP) is 4.50. The van der Waals surface area contributed by atoms with Gasteiger partial charge in [-0.2, -0.15) is 0 Å². The number of benzene rings is 4. The number of aromatic hydroxyl groups is 12. The zero-order valence-electron chi connectivity index (χ0n) is 23.3. The van der Waals surface area contributed by atoms with Gasteiger partial charge in [0.05, 0.1) is 0 Å². The fourth-order valence-corrected chi connectivity index (χ4v) is 7.07. The van der Waals surface area contributed by atoms with E-state index in [2.05, 4.69) is 0 Å². The van der Waals surface area contributed by atoms with E-state index in [0.717, 1.165) is 36.4 Å². The number of fused-ring (bicyclic) bond motifs is 2. The van der Waals surface area contributed by atoms with Crippen molar-refractivity contribution in [1.29, 1.82) is 0 Å². The number of hydrogen-bond acceptors (Lipinski definition) is 18. The van der Waals surface area contributed by atoms with Gasteiger partial charge in [-0.3, -0.25) is 9.59 Å². The van der Waals surface area contributed by atoms with Crippen LogP contribution in [0.5, 0.6) is 69.0 Å². The third kappa shape index (κ3) is 4.82. The second-order valence-electron chi connectivity index (χ2n) is 10.0. The van der Waals surface area contributed by atoms with E-state index >= 15 is 0 Å². The molecule has 0 aliphatic carbocycles. The quantitative estimate of drug-likeness (QED) is 0.0871. The zero-order chi connectivity index (χ0) is 34.9. The molecule has 0 unspecified atom stereocenters. The van der Waals surface area contributed by atoms with E-state index in [0.29, 0.717) is 21.6 Å². The Kier molecular flexibility index (Phi) is 7.33. The molecule has 18 heteroatoms. The van der Waals surface area contributed by atoms with Gasteiger partial charge in [0.1, 0.15) is 43.6 Å². The molecule has 0 radical (unpaired) electrons. The lowest BCUT2D eigenvalue weighted by atomic mass is 10.1. The zero-order valence-corrected chi connectivity index (χ0v) is 24.9. The fourth-order valence-electron chi connectivity index (χ4n) is 4.71. The molecule has 0 amide bonds. The molecule has 0 aliphatic heterocycles. The molecule has 246 valence electrons. The summed E-state index contributed by atoms with van der Waals surface area (Å²) in [6.45, 7) is 0. The molecule has 6 aromatic rings. The van der Waals surface area contributed by atoms with Crippen molar-refractivity contribution in [2.24, 2.45) is 0 Å². The highest BCUT2D eigenvalue weighted by Crippen LogP contribution is 2.53. The van der Waals surface area contributed by atoms with Gasteiger partial charge in [0.25, 0.3) is 0 Å². The molecule has 0 aliphatic rings. The molecule has 0 spiro atoms. The van der Waals surface area contributed by atoms with Crippen LogP contribution in [0.3, 0.4) is 0 Å². The standard InChI is InChI=1S/C30H18O16S2/c31-9-5-15(37)29(27-17(9)21(41)23(43)25(45-27)7-1-11(33)19(39)12(34)2-7)47-48-30-16(38)6-10(32)18-22(42)24(44)26(46-28(18)30)8-3-13(35)20(40)14(36)4-8/h1-6,31-40,43-44H. The summed E-state index contributed by atoms with van der Waals surface area (Å²) in [5.41, 5.74) is -4.15. The summed E-state index contributed by atoms with van der Waals surface area (Å²) in [5, 5.41) is 122. The molecule has 0 saturated carbocycles. The van der Waals surface area contributed by atoms with E-state index in [1.54, 1.807) is 0 Å². The Morgan fingerprint density at radius 1 is 0.396 bits per heavy atom. The summed E-state index contributed by atoms with van der Waals surface area (Å²) in [6, 6.07) is 4.85. The summed E-state index contributed by atoms with van der Waals surface area (Å²) in [6.07, 6.45) is 0. The van der Waals surface area contributed by atoms with E-state index in [9.17, 15) is 70.9 Å². The second kappa shape index (κ2) is 11.1. The lowest BCUT2D eigenvalue weighted by molar-refractivity contribution is 0.367. The molecule has 0 atom stereocenters. The number of phenols is 10. The van der Waals surface area contributed by atoms with Gasteiger partial charge in [0.15, 0.2) is 57.2 Å². The monoisotopic (exact) mass is 698 g/mol. The highest BCUT2D eigenvalue weighted by atomic mass is 33.1. The topological polar surface area (TPSA) is 303 Å². The van der Waals surface area contributed by atoms with Crippen molar-refractivity contribution in [2.45, 2.75) is 9.79 Å². The minimum atomic E-state index is -1.22. The van der Waals surface area contributed by atoms with Crippen LogP contribution in [0.15, 0.2) is 64.6 Å². The van der Waals surface area contributed by atoms with Crippen LogP contribution >= 0.6 is 21.6 Å². The summed E-state index contributed by atoms with van der Waals surface area (Å²) >= 11 is 0. The lowest BCUT2D eigenvalue weighted by Gasteiger charge is -2.14. The van der Waals surface area contributed by atoms with Crippen LogP contribution in [-0.2, 0) is 0 Å². The molecular weight excluding hydrogens is 680 g/mol.